The lowest BCUT2D eigenvalue weighted by atomic mass is 9.57. The van der Waals surface area contributed by atoms with E-state index in [0.717, 1.165) is 55.7 Å². The first kappa shape index (κ1) is 18.2. The van der Waals surface area contributed by atoms with E-state index in [2.05, 4.69) is 41.7 Å². The van der Waals surface area contributed by atoms with Crippen molar-refractivity contribution in [1.29, 1.82) is 0 Å². The largest absolute Gasteiger partial charge is 0.338 e. The summed E-state index contributed by atoms with van der Waals surface area (Å²) in [5, 5.41) is 14.2. The molecule has 2 aliphatic carbocycles. The maximum absolute atomic E-state index is 6.36. The molecule has 160 valence electrons. The summed E-state index contributed by atoms with van der Waals surface area (Å²) in [5.74, 6) is 3.94. The van der Waals surface area contributed by atoms with Gasteiger partial charge in [-0.05, 0) is 54.6 Å². The van der Waals surface area contributed by atoms with E-state index in [0.29, 0.717) is 29.2 Å². The van der Waals surface area contributed by atoms with Gasteiger partial charge in [0, 0.05) is 49.0 Å². The van der Waals surface area contributed by atoms with Gasteiger partial charge in [-0.15, -0.1) is 10.2 Å². The molecular formula is C22H24ClN7O. The summed E-state index contributed by atoms with van der Waals surface area (Å²) < 4.78 is 7.45. The summed E-state index contributed by atoms with van der Waals surface area (Å²) in [6, 6.07) is 6.91. The molecular weight excluding hydrogens is 414 g/mol. The number of hydrogen-bond donors (Lipinski definition) is 0. The molecule has 3 aromatic rings. The predicted octanol–water partition coefficient (Wildman–Crippen LogP) is 3.47. The average molecular weight is 438 g/mol. The van der Waals surface area contributed by atoms with Crippen LogP contribution in [-0.4, -0.2) is 48.9 Å². The van der Waals surface area contributed by atoms with Crippen LogP contribution in [0.25, 0.3) is 5.69 Å². The zero-order valence-electron chi connectivity index (χ0n) is 17.5. The number of anilines is 1. The fourth-order valence-corrected chi connectivity index (χ4v) is 5.96. The third-order valence-corrected chi connectivity index (χ3v) is 7.63. The van der Waals surface area contributed by atoms with Crippen molar-refractivity contribution in [2.45, 2.75) is 57.7 Å². The van der Waals surface area contributed by atoms with Crippen LogP contribution in [0.4, 0.5) is 5.95 Å². The lowest BCUT2D eigenvalue weighted by Gasteiger charge is -2.58. The standard InChI is InChI=1S/C22H24ClN7O/c1-13-24-21(27-31-13)29-11-22(12-29)7-15(8-22)20-26-25-19-10-28(17-3-4-17)9-14-6-16(23)2-5-18(14)30(19)20/h2,5-6,15,17H,3-4,7-12H2,1H3. The van der Waals surface area contributed by atoms with E-state index in [1.54, 1.807) is 0 Å². The Morgan fingerprint density at radius 1 is 1.13 bits per heavy atom. The summed E-state index contributed by atoms with van der Waals surface area (Å²) in [6.45, 7) is 5.60. The average Bonchev–Trinajstić information content (AvgIpc) is 3.36. The summed E-state index contributed by atoms with van der Waals surface area (Å²) in [4.78, 5) is 9.10. The predicted molar refractivity (Wildman–Crippen MR) is 114 cm³/mol. The topological polar surface area (TPSA) is 76.1 Å². The third kappa shape index (κ3) is 2.84. The maximum atomic E-state index is 6.36. The highest BCUT2D eigenvalue weighted by Crippen LogP contribution is 2.56. The zero-order chi connectivity index (χ0) is 20.7. The molecule has 7 rings (SSSR count). The number of benzene rings is 1. The van der Waals surface area contributed by atoms with Gasteiger partial charge in [0.1, 0.15) is 5.82 Å². The Bertz CT molecular complexity index is 1170. The van der Waals surface area contributed by atoms with Gasteiger partial charge in [-0.3, -0.25) is 9.47 Å². The van der Waals surface area contributed by atoms with Crippen molar-refractivity contribution in [3.05, 3.63) is 46.3 Å². The van der Waals surface area contributed by atoms with Gasteiger partial charge >= 0.3 is 0 Å². The Balaban J connectivity index is 1.16. The first-order chi connectivity index (χ1) is 15.1. The van der Waals surface area contributed by atoms with Gasteiger partial charge in [0.05, 0.1) is 12.2 Å². The Morgan fingerprint density at radius 2 is 1.97 bits per heavy atom. The molecule has 2 aliphatic heterocycles. The van der Waals surface area contributed by atoms with Crippen molar-refractivity contribution in [2.75, 3.05) is 18.0 Å². The Hall–Kier alpha value is -2.45. The molecule has 9 heteroatoms. The van der Waals surface area contributed by atoms with Gasteiger partial charge in [0.15, 0.2) is 5.82 Å². The van der Waals surface area contributed by atoms with Crippen LogP contribution in [0.3, 0.4) is 0 Å². The van der Waals surface area contributed by atoms with Crippen LogP contribution in [0, 0.1) is 12.3 Å². The molecule has 0 atom stereocenters. The van der Waals surface area contributed by atoms with E-state index in [-0.39, 0.29) is 0 Å². The van der Waals surface area contributed by atoms with Gasteiger partial charge in [0.25, 0.3) is 5.95 Å². The van der Waals surface area contributed by atoms with Crippen LogP contribution in [-0.2, 0) is 13.1 Å². The first-order valence-corrected chi connectivity index (χ1v) is 11.5. The second kappa shape index (κ2) is 6.29. The minimum absolute atomic E-state index is 0.346. The second-order valence-corrected chi connectivity index (χ2v) is 10.2. The number of aryl methyl sites for hydroxylation is 1. The highest BCUT2D eigenvalue weighted by molar-refractivity contribution is 6.30. The molecule has 4 heterocycles. The van der Waals surface area contributed by atoms with E-state index >= 15 is 0 Å². The van der Waals surface area contributed by atoms with Crippen molar-refractivity contribution in [3.63, 3.8) is 0 Å². The SMILES string of the molecule is Cc1nc(N2CC3(CC(c4nnc5n4-c4ccc(Cl)cc4CN(C4CC4)C5)C3)C2)no1. The number of halogens is 1. The Kier molecular flexibility index (Phi) is 3.69. The molecule has 1 saturated heterocycles. The number of hydrogen-bond acceptors (Lipinski definition) is 7. The molecule has 3 fully saturated rings. The van der Waals surface area contributed by atoms with Gasteiger partial charge < -0.3 is 9.42 Å². The molecule has 0 bridgehead atoms. The minimum atomic E-state index is 0.346. The smallest absolute Gasteiger partial charge is 0.266 e. The van der Waals surface area contributed by atoms with Gasteiger partial charge in [-0.1, -0.05) is 11.6 Å². The first-order valence-electron chi connectivity index (χ1n) is 11.1. The zero-order valence-corrected chi connectivity index (χ0v) is 18.2. The Labute approximate surface area is 185 Å². The highest BCUT2D eigenvalue weighted by Gasteiger charge is 2.55. The van der Waals surface area contributed by atoms with Gasteiger partial charge in [-0.2, -0.15) is 4.98 Å². The monoisotopic (exact) mass is 437 g/mol. The van der Waals surface area contributed by atoms with Gasteiger partial charge in [-0.25, -0.2) is 0 Å². The quantitative estimate of drug-likeness (QED) is 0.620. The van der Waals surface area contributed by atoms with E-state index in [9.17, 15) is 0 Å². The van der Waals surface area contributed by atoms with Crippen LogP contribution < -0.4 is 4.90 Å². The fraction of sp³-hybridized carbons (Fsp3) is 0.545. The number of aromatic nitrogens is 5. The Morgan fingerprint density at radius 3 is 2.71 bits per heavy atom. The highest BCUT2D eigenvalue weighted by atomic mass is 35.5. The molecule has 2 aromatic heterocycles. The molecule has 0 N–H and O–H groups in total. The maximum Gasteiger partial charge on any atom is 0.266 e. The fourth-order valence-electron chi connectivity index (χ4n) is 5.76. The summed E-state index contributed by atoms with van der Waals surface area (Å²) >= 11 is 6.36. The number of rotatable bonds is 3. The van der Waals surface area contributed by atoms with Crippen LogP contribution in [0.2, 0.25) is 5.02 Å². The van der Waals surface area contributed by atoms with E-state index in [1.165, 1.54) is 24.1 Å². The minimum Gasteiger partial charge on any atom is -0.338 e. The lowest BCUT2D eigenvalue weighted by Crippen LogP contribution is -2.62. The third-order valence-electron chi connectivity index (χ3n) is 7.39. The molecule has 0 unspecified atom stereocenters. The van der Waals surface area contributed by atoms with Crippen molar-refractivity contribution in [3.8, 4) is 5.69 Å². The van der Waals surface area contributed by atoms with Crippen LogP contribution >= 0.6 is 11.6 Å². The lowest BCUT2D eigenvalue weighted by molar-refractivity contribution is 0.0571. The van der Waals surface area contributed by atoms with Gasteiger partial charge in [0.2, 0.25) is 5.89 Å². The van der Waals surface area contributed by atoms with E-state index in [1.807, 2.05) is 13.0 Å². The molecule has 0 radical (unpaired) electrons. The molecule has 8 nitrogen and oxygen atoms in total. The van der Waals surface area contributed by atoms with Crippen molar-refractivity contribution in [2.24, 2.45) is 5.41 Å². The van der Waals surface area contributed by atoms with Crippen LogP contribution in [0.1, 0.15) is 54.7 Å². The van der Waals surface area contributed by atoms with Crippen molar-refractivity contribution < 1.29 is 4.52 Å². The number of nitrogens with zero attached hydrogens (tertiary/aromatic N) is 7. The number of fused-ring (bicyclic) bond motifs is 3. The molecule has 4 aliphatic rings. The van der Waals surface area contributed by atoms with Crippen LogP contribution in [0.15, 0.2) is 22.7 Å². The molecule has 1 aromatic carbocycles. The normalized spacial score (nSPS) is 22.6. The second-order valence-electron chi connectivity index (χ2n) is 9.79. The van der Waals surface area contributed by atoms with E-state index in [4.69, 9.17) is 21.2 Å². The summed E-state index contributed by atoms with van der Waals surface area (Å²) in [6.07, 6.45) is 4.82. The molecule has 2 saturated carbocycles. The summed E-state index contributed by atoms with van der Waals surface area (Å²) in [5.41, 5.74) is 2.82. The molecule has 31 heavy (non-hydrogen) atoms. The van der Waals surface area contributed by atoms with E-state index < -0.39 is 0 Å². The summed E-state index contributed by atoms with van der Waals surface area (Å²) in [7, 11) is 0. The van der Waals surface area contributed by atoms with Crippen molar-refractivity contribution >= 4 is 17.5 Å². The molecule has 0 amide bonds. The van der Waals surface area contributed by atoms with Crippen LogP contribution in [0.5, 0.6) is 0 Å². The molecule has 1 spiro atoms. The van der Waals surface area contributed by atoms with Crippen molar-refractivity contribution in [1.82, 2.24) is 29.8 Å².